The molecule has 3 aromatic carbocycles. The minimum absolute atomic E-state index is 0.0661. The van der Waals surface area contributed by atoms with Crippen molar-refractivity contribution in [3.8, 4) is 0 Å². The normalized spacial score (nSPS) is 13.5. The quantitative estimate of drug-likeness (QED) is 0.378. The SMILES string of the molecule is Cc1cc(Nc2cccc(C(=O)NCCN3CCc4cc(Cl)ccc4C3)c2)c2ccccc2n1. The molecule has 2 heterocycles. The topological polar surface area (TPSA) is 57.3 Å². The van der Waals surface area contributed by atoms with Crippen molar-refractivity contribution in [1.82, 2.24) is 15.2 Å². The summed E-state index contributed by atoms with van der Waals surface area (Å²) in [5.41, 5.74) is 7.02. The van der Waals surface area contributed by atoms with Crippen molar-refractivity contribution in [3.63, 3.8) is 0 Å². The molecule has 4 aromatic rings. The predicted molar refractivity (Wildman–Crippen MR) is 139 cm³/mol. The van der Waals surface area contributed by atoms with Gasteiger partial charge in [-0.2, -0.15) is 0 Å². The van der Waals surface area contributed by atoms with Crippen molar-refractivity contribution < 1.29 is 4.79 Å². The van der Waals surface area contributed by atoms with Gasteiger partial charge in [-0.15, -0.1) is 0 Å². The van der Waals surface area contributed by atoms with E-state index in [2.05, 4.69) is 32.7 Å². The van der Waals surface area contributed by atoms with Crippen LogP contribution in [0.5, 0.6) is 0 Å². The van der Waals surface area contributed by atoms with Crippen molar-refractivity contribution in [1.29, 1.82) is 0 Å². The van der Waals surface area contributed by atoms with E-state index in [1.165, 1.54) is 11.1 Å². The van der Waals surface area contributed by atoms with Gasteiger partial charge in [-0.05, 0) is 66.9 Å². The molecule has 2 N–H and O–H groups in total. The number of benzene rings is 3. The highest BCUT2D eigenvalue weighted by molar-refractivity contribution is 6.30. The zero-order valence-corrected chi connectivity index (χ0v) is 19.9. The second-order valence-corrected chi connectivity index (χ2v) is 9.17. The van der Waals surface area contributed by atoms with Crippen LogP contribution in [0.25, 0.3) is 10.9 Å². The average molecular weight is 471 g/mol. The summed E-state index contributed by atoms with van der Waals surface area (Å²) in [5, 5.41) is 8.38. The molecule has 0 unspecified atom stereocenters. The maximum atomic E-state index is 12.8. The largest absolute Gasteiger partial charge is 0.355 e. The van der Waals surface area contributed by atoms with Gasteiger partial charge in [-0.25, -0.2) is 0 Å². The van der Waals surface area contributed by atoms with Crippen molar-refractivity contribution in [2.24, 2.45) is 0 Å². The molecule has 0 atom stereocenters. The van der Waals surface area contributed by atoms with Gasteiger partial charge in [0.1, 0.15) is 0 Å². The molecule has 5 rings (SSSR count). The van der Waals surface area contributed by atoms with E-state index >= 15 is 0 Å². The van der Waals surface area contributed by atoms with E-state index in [0.29, 0.717) is 12.1 Å². The van der Waals surface area contributed by atoms with Gasteiger partial charge in [0.2, 0.25) is 0 Å². The molecule has 0 spiro atoms. The van der Waals surface area contributed by atoms with Gasteiger partial charge in [-0.1, -0.05) is 41.9 Å². The molecule has 0 saturated heterocycles. The van der Waals surface area contributed by atoms with E-state index in [4.69, 9.17) is 11.6 Å². The highest BCUT2D eigenvalue weighted by Gasteiger charge is 2.16. The van der Waals surface area contributed by atoms with E-state index in [-0.39, 0.29) is 5.91 Å². The summed E-state index contributed by atoms with van der Waals surface area (Å²) in [6, 6.07) is 23.8. The van der Waals surface area contributed by atoms with Crippen molar-refractivity contribution in [2.45, 2.75) is 19.9 Å². The molecule has 172 valence electrons. The summed E-state index contributed by atoms with van der Waals surface area (Å²) in [6.45, 7) is 5.27. The minimum atomic E-state index is -0.0661. The summed E-state index contributed by atoms with van der Waals surface area (Å²) in [6.07, 6.45) is 0.987. The maximum Gasteiger partial charge on any atom is 0.251 e. The van der Waals surface area contributed by atoms with Crippen molar-refractivity contribution in [3.05, 3.63) is 100 Å². The smallest absolute Gasteiger partial charge is 0.251 e. The summed E-state index contributed by atoms with van der Waals surface area (Å²) in [5.74, 6) is -0.0661. The molecule has 1 amide bonds. The van der Waals surface area contributed by atoms with Gasteiger partial charge in [0.15, 0.2) is 0 Å². The molecule has 1 aliphatic heterocycles. The van der Waals surface area contributed by atoms with Gasteiger partial charge in [0.25, 0.3) is 5.91 Å². The van der Waals surface area contributed by atoms with E-state index in [1.54, 1.807) is 0 Å². The van der Waals surface area contributed by atoms with Crippen LogP contribution in [0.3, 0.4) is 0 Å². The number of amides is 1. The predicted octanol–water partition coefficient (Wildman–Crippen LogP) is 5.73. The van der Waals surface area contributed by atoms with Crippen LogP contribution in [0.1, 0.15) is 27.2 Å². The number of hydrogen-bond acceptors (Lipinski definition) is 4. The Bertz CT molecular complexity index is 1350. The molecule has 0 saturated carbocycles. The summed E-state index contributed by atoms with van der Waals surface area (Å²) < 4.78 is 0. The molecule has 6 heteroatoms. The Kier molecular flexibility index (Phi) is 6.48. The first-order valence-corrected chi connectivity index (χ1v) is 11.9. The Morgan fingerprint density at radius 1 is 1.03 bits per heavy atom. The molecule has 0 fully saturated rings. The fourth-order valence-electron chi connectivity index (χ4n) is 4.51. The molecule has 0 bridgehead atoms. The van der Waals surface area contributed by atoms with E-state index in [0.717, 1.165) is 59.0 Å². The molecular weight excluding hydrogens is 444 g/mol. The number of aromatic nitrogens is 1. The van der Waals surface area contributed by atoms with Crippen LogP contribution in [-0.4, -0.2) is 35.4 Å². The standard InChI is InChI=1S/C28H27ClN4O/c1-19-15-27(25-7-2-3-8-26(25)31-19)32-24-6-4-5-21(17-24)28(34)30-12-14-33-13-11-20-16-23(29)10-9-22(20)18-33/h2-10,15-17H,11-14,18H2,1H3,(H,30,34)(H,31,32). The zero-order valence-electron chi connectivity index (χ0n) is 19.1. The summed E-state index contributed by atoms with van der Waals surface area (Å²) >= 11 is 6.11. The van der Waals surface area contributed by atoms with Crippen LogP contribution >= 0.6 is 11.6 Å². The number of rotatable bonds is 6. The number of pyridine rings is 1. The van der Waals surface area contributed by atoms with E-state index in [1.807, 2.05) is 67.6 Å². The van der Waals surface area contributed by atoms with E-state index in [9.17, 15) is 4.79 Å². The molecule has 1 aliphatic rings. The average Bonchev–Trinajstić information content (AvgIpc) is 2.84. The Balaban J connectivity index is 1.20. The first-order chi connectivity index (χ1) is 16.5. The lowest BCUT2D eigenvalue weighted by Gasteiger charge is -2.28. The minimum Gasteiger partial charge on any atom is -0.355 e. The third-order valence-electron chi connectivity index (χ3n) is 6.22. The molecule has 0 radical (unpaired) electrons. The van der Waals surface area contributed by atoms with Crippen LogP contribution in [0.15, 0.2) is 72.8 Å². The number of aryl methyl sites for hydroxylation is 1. The summed E-state index contributed by atoms with van der Waals surface area (Å²) in [4.78, 5) is 19.8. The molecular formula is C28H27ClN4O. The van der Waals surface area contributed by atoms with Crippen LogP contribution in [0.4, 0.5) is 11.4 Å². The van der Waals surface area contributed by atoms with Crippen LogP contribution < -0.4 is 10.6 Å². The number of carbonyl (C=O) groups excluding carboxylic acids is 1. The van der Waals surface area contributed by atoms with Gasteiger partial charge in [-0.3, -0.25) is 14.7 Å². The Morgan fingerprint density at radius 2 is 1.91 bits per heavy atom. The number of halogens is 1. The third-order valence-corrected chi connectivity index (χ3v) is 6.46. The van der Waals surface area contributed by atoms with Crippen LogP contribution in [0, 0.1) is 6.92 Å². The Morgan fingerprint density at radius 3 is 2.82 bits per heavy atom. The Labute approximate surface area is 204 Å². The highest BCUT2D eigenvalue weighted by atomic mass is 35.5. The number of fused-ring (bicyclic) bond motifs is 2. The number of carbonyl (C=O) groups is 1. The Hall–Kier alpha value is -3.41. The van der Waals surface area contributed by atoms with Crippen LogP contribution in [-0.2, 0) is 13.0 Å². The number of nitrogens with zero attached hydrogens (tertiary/aromatic N) is 2. The number of hydrogen-bond donors (Lipinski definition) is 2. The first-order valence-electron chi connectivity index (χ1n) is 11.6. The second-order valence-electron chi connectivity index (χ2n) is 8.73. The van der Waals surface area contributed by atoms with Gasteiger partial charge in [0.05, 0.1) is 5.52 Å². The van der Waals surface area contributed by atoms with Gasteiger partial charge < -0.3 is 10.6 Å². The fraction of sp³-hybridized carbons (Fsp3) is 0.214. The molecule has 1 aromatic heterocycles. The van der Waals surface area contributed by atoms with E-state index < -0.39 is 0 Å². The molecule has 0 aliphatic carbocycles. The van der Waals surface area contributed by atoms with Crippen molar-refractivity contribution in [2.75, 3.05) is 25.0 Å². The number of anilines is 2. The lowest BCUT2D eigenvalue weighted by atomic mass is 10.00. The number of nitrogens with one attached hydrogen (secondary N) is 2. The third kappa shape index (κ3) is 5.06. The zero-order chi connectivity index (χ0) is 23.5. The van der Waals surface area contributed by atoms with Crippen molar-refractivity contribution >= 4 is 39.8 Å². The maximum absolute atomic E-state index is 12.8. The fourth-order valence-corrected chi connectivity index (χ4v) is 4.70. The van der Waals surface area contributed by atoms with Gasteiger partial charge in [0, 0.05) is 59.2 Å². The highest BCUT2D eigenvalue weighted by Crippen LogP contribution is 2.27. The van der Waals surface area contributed by atoms with Gasteiger partial charge >= 0.3 is 0 Å². The molecule has 34 heavy (non-hydrogen) atoms. The number of para-hydroxylation sites is 1. The first kappa shape index (κ1) is 22.4. The lowest BCUT2D eigenvalue weighted by Crippen LogP contribution is -2.37. The molecule has 5 nitrogen and oxygen atoms in total. The lowest BCUT2D eigenvalue weighted by molar-refractivity contribution is 0.0947. The second kappa shape index (κ2) is 9.84. The monoisotopic (exact) mass is 470 g/mol. The summed E-state index contributed by atoms with van der Waals surface area (Å²) in [7, 11) is 0. The van der Waals surface area contributed by atoms with Crippen LogP contribution in [0.2, 0.25) is 5.02 Å².